The molecule has 0 bridgehead atoms. The summed E-state index contributed by atoms with van der Waals surface area (Å²) in [7, 11) is 0. The molecule has 3 aromatic rings. The predicted octanol–water partition coefficient (Wildman–Crippen LogP) is 1.87. The van der Waals surface area contributed by atoms with Crippen LogP contribution >= 0.6 is 11.3 Å². The van der Waals surface area contributed by atoms with Gasteiger partial charge in [0.15, 0.2) is 11.0 Å². The van der Waals surface area contributed by atoms with E-state index in [1.807, 2.05) is 11.4 Å². The monoisotopic (exact) mass is 247 g/mol. The first-order valence-corrected chi connectivity index (χ1v) is 5.90. The Balaban J connectivity index is 1.90. The van der Waals surface area contributed by atoms with E-state index in [1.54, 1.807) is 22.9 Å². The van der Waals surface area contributed by atoms with Crippen LogP contribution in [0.2, 0.25) is 0 Å². The summed E-state index contributed by atoms with van der Waals surface area (Å²) in [5.41, 5.74) is 11.1. The third-order valence-corrected chi connectivity index (χ3v) is 3.03. The largest absolute Gasteiger partial charge is 0.397 e. The highest BCUT2D eigenvalue weighted by Gasteiger charge is 2.09. The van der Waals surface area contributed by atoms with Gasteiger partial charge in [-0.2, -0.15) is 0 Å². The van der Waals surface area contributed by atoms with E-state index in [9.17, 15) is 0 Å². The number of hydrogen-bond donors (Lipinski definition) is 2. The maximum atomic E-state index is 5.76. The summed E-state index contributed by atoms with van der Waals surface area (Å²) in [5, 5.41) is 12.8. The number of rotatable bonds is 3. The molecule has 0 radical (unpaired) electrons. The fourth-order valence-electron chi connectivity index (χ4n) is 1.54. The van der Waals surface area contributed by atoms with Crippen molar-refractivity contribution in [1.29, 1.82) is 0 Å². The van der Waals surface area contributed by atoms with Gasteiger partial charge in [0.1, 0.15) is 0 Å². The maximum absolute atomic E-state index is 5.76. The first-order valence-electron chi connectivity index (χ1n) is 4.96. The van der Waals surface area contributed by atoms with Gasteiger partial charge in [0, 0.05) is 5.38 Å². The van der Waals surface area contributed by atoms with Crippen molar-refractivity contribution in [3.63, 3.8) is 0 Å². The van der Waals surface area contributed by atoms with Gasteiger partial charge in [0.2, 0.25) is 0 Å². The molecule has 86 valence electrons. The Morgan fingerprint density at radius 1 is 1.29 bits per heavy atom. The summed E-state index contributed by atoms with van der Waals surface area (Å²) < 4.78 is 4.69. The summed E-state index contributed by atoms with van der Waals surface area (Å²) in [6, 6.07) is 3.63. The molecule has 7 heteroatoms. The molecule has 3 N–H and O–H groups in total. The van der Waals surface area contributed by atoms with Gasteiger partial charge in [-0.05, 0) is 22.4 Å². The quantitative estimate of drug-likeness (QED) is 0.687. The number of aromatic nitrogens is 3. The van der Waals surface area contributed by atoms with Gasteiger partial charge in [-0.15, -0.1) is 11.3 Å². The fraction of sp³-hybridized carbons (Fsp3) is 0.100. The molecule has 0 amide bonds. The zero-order valence-electron chi connectivity index (χ0n) is 8.75. The van der Waals surface area contributed by atoms with E-state index in [2.05, 4.69) is 25.2 Å². The molecule has 0 fully saturated rings. The molecule has 2 aromatic heterocycles. The lowest BCUT2D eigenvalue weighted by Crippen LogP contribution is -2.00. The van der Waals surface area contributed by atoms with Crippen molar-refractivity contribution >= 4 is 33.7 Å². The van der Waals surface area contributed by atoms with Crippen molar-refractivity contribution in [3.8, 4) is 0 Å². The Morgan fingerprint density at radius 2 is 2.18 bits per heavy atom. The molecule has 0 aliphatic rings. The van der Waals surface area contributed by atoms with Crippen LogP contribution in [0.25, 0.3) is 11.0 Å². The van der Waals surface area contributed by atoms with E-state index in [4.69, 9.17) is 5.73 Å². The Bertz CT molecular complexity index is 633. The number of fused-ring (bicyclic) bond motifs is 1. The van der Waals surface area contributed by atoms with Crippen molar-refractivity contribution in [3.05, 3.63) is 28.7 Å². The van der Waals surface area contributed by atoms with Gasteiger partial charge in [0.25, 0.3) is 0 Å². The van der Waals surface area contributed by atoms with Gasteiger partial charge in [0.05, 0.1) is 29.1 Å². The number of benzene rings is 1. The molecule has 0 saturated carbocycles. The lowest BCUT2D eigenvalue weighted by molar-refractivity contribution is 0.316. The second-order valence-electron chi connectivity index (χ2n) is 3.50. The van der Waals surface area contributed by atoms with Crippen molar-refractivity contribution < 1.29 is 4.63 Å². The van der Waals surface area contributed by atoms with Gasteiger partial charge < -0.3 is 11.1 Å². The SMILES string of the molecule is Nc1ccc(NCc2cscn2)c2nonc12. The van der Waals surface area contributed by atoms with Crippen molar-refractivity contribution in [2.75, 3.05) is 11.1 Å². The summed E-state index contributed by atoms with van der Waals surface area (Å²) in [6.07, 6.45) is 0. The number of thiazole rings is 1. The van der Waals surface area contributed by atoms with Crippen LogP contribution in [0.1, 0.15) is 5.69 Å². The normalized spacial score (nSPS) is 10.8. The second-order valence-corrected chi connectivity index (χ2v) is 4.22. The first kappa shape index (κ1) is 10.0. The third kappa shape index (κ3) is 1.80. The minimum Gasteiger partial charge on any atom is -0.397 e. The zero-order chi connectivity index (χ0) is 11.7. The topological polar surface area (TPSA) is 89.9 Å². The molecule has 0 atom stereocenters. The average Bonchev–Trinajstić information content (AvgIpc) is 2.99. The highest BCUT2D eigenvalue weighted by Crippen LogP contribution is 2.25. The Kier molecular flexibility index (Phi) is 2.37. The summed E-state index contributed by atoms with van der Waals surface area (Å²) in [4.78, 5) is 4.19. The lowest BCUT2D eigenvalue weighted by atomic mass is 10.2. The summed E-state index contributed by atoms with van der Waals surface area (Å²) in [5.74, 6) is 0. The molecule has 1 aromatic carbocycles. The van der Waals surface area contributed by atoms with Crippen molar-refractivity contribution in [2.24, 2.45) is 0 Å². The molecule has 2 heterocycles. The number of nitrogens with one attached hydrogen (secondary N) is 1. The Hall–Kier alpha value is -2.15. The van der Waals surface area contributed by atoms with E-state index in [0.717, 1.165) is 11.4 Å². The number of nitrogen functional groups attached to an aromatic ring is 1. The van der Waals surface area contributed by atoms with Crippen LogP contribution in [0, 0.1) is 0 Å². The average molecular weight is 247 g/mol. The molecule has 0 saturated heterocycles. The van der Waals surface area contributed by atoms with E-state index in [1.165, 1.54) is 0 Å². The number of anilines is 2. The fourth-order valence-corrected chi connectivity index (χ4v) is 2.10. The molecule has 0 aliphatic carbocycles. The van der Waals surface area contributed by atoms with Crippen molar-refractivity contribution in [2.45, 2.75) is 6.54 Å². The van der Waals surface area contributed by atoms with Crippen LogP contribution in [0.4, 0.5) is 11.4 Å². The standard InChI is InChI=1S/C10H9N5OS/c11-7-1-2-8(10-9(7)14-16-15-10)12-3-6-4-17-5-13-6/h1-2,4-5,12H,3,11H2. The minimum absolute atomic E-state index is 0.556. The Morgan fingerprint density at radius 3 is 3.00 bits per heavy atom. The molecule has 17 heavy (non-hydrogen) atoms. The molecule has 3 rings (SSSR count). The molecule has 0 spiro atoms. The van der Waals surface area contributed by atoms with Crippen LogP contribution in [-0.2, 0) is 6.54 Å². The first-order chi connectivity index (χ1) is 8.34. The highest BCUT2D eigenvalue weighted by molar-refractivity contribution is 7.07. The molecular formula is C10H9N5OS. The minimum atomic E-state index is 0.556. The summed E-state index contributed by atoms with van der Waals surface area (Å²) >= 11 is 1.56. The third-order valence-electron chi connectivity index (χ3n) is 2.39. The Labute approximate surface area is 100 Å². The van der Waals surface area contributed by atoms with Crippen LogP contribution in [-0.4, -0.2) is 15.3 Å². The lowest BCUT2D eigenvalue weighted by Gasteiger charge is -2.04. The molecule has 0 aliphatic heterocycles. The molecule has 6 nitrogen and oxygen atoms in total. The van der Waals surface area contributed by atoms with Crippen LogP contribution < -0.4 is 11.1 Å². The maximum Gasteiger partial charge on any atom is 0.160 e. The van der Waals surface area contributed by atoms with E-state index in [-0.39, 0.29) is 0 Å². The predicted molar refractivity (Wildman–Crippen MR) is 65.7 cm³/mol. The molecular weight excluding hydrogens is 238 g/mol. The summed E-state index contributed by atoms with van der Waals surface area (Å²) in [6.45, 7) is 0.634. The van der Waals surface area contributed by atoms with Crippen LogP contribution in [0.15, 0.2) is 27.7 Å². The number of hydrogen-bond acceptors (Lipinski definition) is 7. The van der Waals surface area contributed by atoms with Gasteiger partial charge in [-0.1, -0.05) is 0 Å². The van der Waals surface area contributed by atoms with Gasteiger partial charge >= 0.3 is 0 Å². The zero-order valence-corrected chi connectivity index (χ0v) is 9.57. The van der Waals surface area contributed by atoms with E-state index in [0.29, 0.717) is 23.3 Å². The second kappa shape index (κ2) is 4.02. The smallest absolute Gasteiger partial charge is 0.160 e. The van der Waals surface area contributed by atoms with Crippen LogP contribution in [0.3, 0.4) is 0 Å². The number of nitrogens with two attached hydrogens (primary N) is 1. The van der Waals surface area contributed by atoms with Gasteiger partial charge in [-0.3, -0.25) is 0 Å². The van der Waals surface area contributed by atoms with Gasteiger partial charge in [-0.25, -0.2) is 9.61 Å². The van der Waals surface area contributed by atoms with Crippen molar-refractivity contribution in [1.82, 2.24) is 15.3 Å². The molecule has 0 unspecified atom stereocenters. The van der Waals surface area contributed by atoms with E-state index >= 15 is 0 Å². The van der Waals surface area contributed by atoms with Crippen LogP contribution in [0.5, 0.6) is 0 Å². The highest BCUT2D eigenvalue weighted by atomic mass is 32.1. The van der Waals surface area contributed by atoms with E-state index < -0.39 is 0 Å². The number of nitrogens with zero attached hydrogens (tertiary/aromatic N) is 3.